The summed E-state index contributed by atoms with van der Waals surface area (Å²) >= 11 is 0. The molecular formula is C14H24BFO4. The number of aliphatic carboxylic acids is 1. The molecule has 0 saturated carbocycles. The van der Waals surface area contributed by atoms with Crippen molar-refractivity contribution in [2.24, 2.45) is 5.92 Å². The molecule has 1 unspecified atom stereocenters. The first-order valence-electron chi connectivity index (χ1n) is 6.91. The van der Waals surface area contributed by atoms with Crippen LogP contribution in [0.4, 0.5) is 4.39 Å². The minimum absolute atomic E-state index is 0.378. The van der Waals surface area contributed by atoms with Crippen molar-refractivity contribution in [1.29, 1.82) is 0 Å². The Morgan fingerprint density at radius 3 is 2.10 bits per heavy atom. The molecular weight excluding hydrogens is 262 g/mol. The molecule has 4 nitrogen and oxygen atoms in total. The predicted molar refractivity (Wildman–Crippen MR) is 75.9 cm³/mol. The minimum atomic E-state index is -1.000. The normalized spacial score (nSPS) is 23.4. The van der Waals surface area contributed by atoms with Crippen molar-refractivity contribution in [1.82, 2.24) is 0 Å². The number of halogens is 1. The summed E-state index contributed by atoms with van der Waals surface area (Å²) in [6, 6.07) is 0. The van der Waals surface area contributed by atoms with Crippen LogP contribution in [0.25, 0.3) is 0 Å². The van der Waals surface area contributed by atoms with Crippen LogP contribution in [-0.2, 0) is 14.1 Å². The summed E-state index contributed by atoms with van der Waals surface area (Å²) in [5.74, 6) is -1.36. The average molecular weight is 286 g/mol. The molecule has 1 heterocycles. The lowest BCUT2D eigenvalue weighted by Crippen LogP contribution is -2.41. The maximum atomic E-state index is 14.3. The van der Waals surface area contributed by atoms with Crippen molar-refractivity contribution < 1.29 is 23.6 Å². The zero-order valence-electron chi connectivity index (χ0n) is 13.1. The van der Waals surface area contributed by atoms with Gasteiger partial charge in [0.05, 0.1) is 17.1 Å². The number of allylic oxidation sites excluding steroid dienone is 1. The Bertz CT molecular complexity index is 401. The highest BCUT2D eigenvalue weighted by Gasteiger charge is 2.53. The van der Waals surface area contributed by atoms with Crippen LogP contribution in [0.1, 0.15) is 54.4 Å². The van der Waals surface area contributed by atoms with Crippen molar-refractivity contribution in [3.8, 4) is 0 Å². The van der Waals surface area contributed by atoms with E-state index in [4.69, 9.17) is 14.4 Å². The van der Waals surface area contributed by atoms with Gasteiger partial charge in [0.25, 0.3) is 0 Å². The smallest absolute Gasteiger partial charge is 0.481 e. The van der Waals surface area contributed by atoms with E-state index in [1.165, 1.54) is 0 Å². The molecule has 1 fully saturated rings. The molecule has 114 valence electrons. The second kappa shape index (κ2) is 5.86. The number of carboxylic acid groups (broad SMARTS) is 1. The molecule has 1 aliphatic rings. The maximum absolute atomic E-state index is 14.3. The van der Waals surface area contributed by atoms with Crippen LogP contribution < -0.4 is 0 Å². The van der Waals surface area contributed by atoms with Crippen molar-refractivity contribution in [2.45, 2.75) is 65.6 Å². The van der Waals surface area contributed by atoms with Gasteiger partial charge in [-0.2, -0.15) is 0 Å². The molecule has 0 amide bonds. The molecule has 1 N–H and O–H groups in total. The SMILES string of the molecule is CC(CCC(C)C(=O)O)=C(F)B1OC(C)(C)C(C)(C)O1. The molecule has 0 radical (unpaired) electrons. The molecule has 1 aliphatic heterocycles. The first-order chi connectivity index (χ1) is 8.98. The Morgan fingerprint density at radius 2 is 1.70 bits per heavy atom. The molecule has 0 aliphatic carbocycles. The second-order valence-corrected chi connectivity index (χ2v) is 6.49. The standard InChI is InChI=1S/C14H24BFO4/c1-9(7-8-10(2)12(17)18)11(16)15-19-13(3,4)14(5,6)20-15/h10H,7-8H2,1-6H3,(H,17,18). The van der Waals surface area contributed by atoms with Gasteiger partial charge >= 0.3 is 13.1 Å². The largest absolute Gasteiger partial charge is 0.525 e. The summed E-state index contributed by atoms with van der Waals surface area (Å²) in [5.41, 5.74) is -1.12. The van der Waals surface area contributed by atoms with Gasteiger partial charge < -0.3 is 14.4 Å². The number of carbonyl (C=O) groups is 1. The lowest BCUT2D eigenvalue weighted by Gasteiger charge is -2.32. The van der Waals surface area contributed by atoms with E-state index in [2.05, 4.69) is 0 Å². The number of carboxylic acids is 1. The lowest BCUT2D eigenvalue weighted by molar-refractivity contribution is -0.141. The van der Waals surface area contributed by atoms with Gasteiger partial charge in [0.15, 0.2) is 0 Å². The molecule has 0 aromatic rings. The van der Waals surface area contributed by atoms with Gasteiger partial charge in [-0.3, -0.25) is 4.79 Å². The van der Waals surface area contributed by atoms with Gasteiger partial charge in [0.2, 0.25) is 0 Å². The van der Waals surface area contributed by atoms with E-state index in [-0.39, 0.29) is 0 Å². The van der Waals surface area contributed by atoms with Crippen molar-refractivity contribution in [2.75, 3.05) is 0 Å². The highest BCUT2D eigenvalue weighted by atomic mass is 19.1. The molecule has 20 heavy (non-hydrogen) atoms. The summed E-state index contributed by atoms with van der Waals surface area (Å²) in [6.07, 6.45) is 0.775. The Kier molecular flexibility index (Phi) is 5.03. The van der Waals surface area contributed by atoms with Crippen LogP contribution in [0.5, 0.6) is 0 Å². The summed E-state index contributed by atoms with van der Waals surface area (Å²) in [7, 11) is -1.000. The molecule has 0 aromatic heterocycles. The summed E-state index contributed by atoms with van der Waals surface area (Å²) in [4.78, 5) is 10.7. The third kappa shape index (κ3) is 3.61. The van der Waals surface area contributed by atoms with Crippen molar-refractivity contribution in [3.63, 3.8) is 0 Å². The van der Waals surface area contributed by atoms with Crippen LogP contribution in [0.3, 0.4) is 0 Å². The maximum Gasteiger partial charge on any atom is 0.525 e. The Labute approximate surface area is 120 Å². The van der Waals surface area contributed by atoms with E-state index in [0.717, 1.165) is 0 Å². The fourth-order valence-electron chi connectivity index (χ4n) is 1.82. The number of hydrogen-bond acceptors (Lipinski definition) is 3. The van der Waals surface area contributed by atoms with Crippen LogP contribution >= 0.6 is 0 Å². The number of hydrogen-bond donors (Lipinski definition) is 1. The summed E-state index contributed by atoms with van der Waals surface area (Å²) in [5, 5.41) is 8.82. The zero-order chi connectivity index (χ0) is 15.7. The van der Waals surface area contributed by atoms with Crippen molar-refractivity contribution in [3.05, 3.63) is 11.3 Å². The molecule has 1 rings (SSSR count). The fraction of sp³-hybridized carbons (Fsp3) is 0.786. The van der Waals surface area contributed by atoms with Gasteiger partial charge in [-0.05, 0) is 53.0 Å². The van der Waals surface area contributed by atoms with Crippen LogP contribution in [0.2, 0.25) is 0 Å². The van der Waals surface area contributed by atoms with E-state index in [1.807, 2.05) is 27.7 Å². The van der Waals surface area contributed by atoms with E-state index in [0.29, 0.717) is 18.4 Å². The van der Waals surface area contributed by atoms with Gasteiger partial charge in [-0.15, -0.1) is 0 Å². The van der Waals surface area contributed by atoms with Gasteiger partial charge in [0.1, 0.15) is 5.73 Å². The van der Waals surface area contributed by atoms with E-state index >= 15 is 0 Å². The zero-order valence-corrected chi connectivity index (χ0v) is 13.1. The molecule has 6 heteroatoms. The summed E-state index contributed by atoms with van der Waals surface area (Å²) < 4.78 is 25.6. The topological polar surface area (TPSA) is 55.8 Å². The molecule has 0 aromatic carbocycles. The first-order valence-corrected chi connectivity index (χ1v) is 6.91. The van der Waals surface area contributed by atoms with Crippen LogP contribution in [0, 0.1) is 5.92 Å². The van der Waals surface area contributed by atoms with E-state index < -0.39 is 35.9 Å². The van der Waals surface area contributed by atoms with Gasteiger partial charge in [-0.25, -0.2) is 4.39 Å². The second-order valence-electron chi connectivity index (χ2n) is 6.49. The van der Waals surface area contributed by atoms with Crippen molar-refractivity contribution >= 4 is 13.1 Å². The third-order valence-electron chi connectivity index (χ3n) is 4.24. The van der Waals surface area contributed by atoms with Crippen LogP contribution in [0.15, 0.2) is 11.3 Å². The highest BCUT2D eigenvalue weighted by molar-refractivity contribution is 6.53. The van der Waals surface area contributed by atoms with E-state index in [9.17, 15) is 9.18 Å². The highest BCUT2D eigenvalue weighted by Crippen LogP contribution is 2.39. The Balaban J connectivity index is 2.72. The fourth-order valence-corrected chi connectivity index (χ4v) is 1.82. The monoisotopic (exact) mass is 286 g/mol. The Hall–Kier alpha value is -0.875. The Morgan fingerprint density at radius 1 is 1.25 bits per heavy atom. The first kappa shape index (κ1) is 17.2. The van der Waals surface area contributed by atoms with Crippen LogP contribution in [-0.4, -0.2) is 29.4 Å². The van der Waals surface area contributed by atoms with Gasteiger partial charge in [0, 0.05) is 0 Å². The minimum Gasteiger partial charge on any atom is -0.481 e. The molecule has 0 bridgehead atoms. The molecule has 0 spiro atoms. The molecule has 1 saturated heterocycles. The predicted octanol–water partition coefficient (Wildman–Crippen LogP) is 3.36. The number of rotatable bonds is 5. The van der Waals surface area contributed by atoms with Gasteiger partial charge in [-0.1, -0.05) is 6.92 Å². The lowest BCUT2D eigenvalue weighted by atomic mass is 9.83. The average Bonchev–Trinajstić information content (AvgIpc) is 2.53. The third-order valence-corrected chi connectivity index (χ3v) is 4.24. The summed E-state index contributed by atoms with van der Waals surface area (Å²) in [6.45, 7) is 10.7. The molecule has 1 atom stereocenters. The quantitative estimate of drug-likeness (QED) is 0.787. The van der Waals surface area contributed by atoms with E-state index in [1.54, 1.807) is 13.8 Å².